The fraction of sp³-hybridized carbons (Fsp3) is 0.176. The molecule has 0 saturated carbocycles. The fourth-order valence-electron chi connectivity index (χ4n) is 2.25. The van der Waals surface area contributed by atoms with E-state index in [1.165, 1.54) is 30.3 Å². The average molecular weight is 388 g/mol. The Balaban J connectivity index is 2.02. The summed E-state index contributed by atoms with van der Waals surface area (Å²) in [5, 5.41) is 31.7. The molecule has 0 amide bonds. The minimum atomic E-state index is -0.981. The summed E-state index contributed by atoms with van der Waals surface area (Å²) in [4.78, 5) is 10.9. The van der Waals surface area contributed by atoms with Crippen LogP contribution in [0.1, 0.15) is 11.3 Å². The number of furan rings is 1. The lowest BCUT2D eigenvalue weighted by Crippen LogP contribution is -2.02. The van der Waals surface area contributed by atoms with E-state index in [9.17, 15) is 9.90 Å². The number of ether oxygens (including phenoxy) is 1. The molecule has 0 bridgehead atoms. The first kappa shape index (κ1) is 18.5. The van der Waals surface area contributed by atoms with E-state index in [2.05, 4.69) is 15.3 Å². The number of nitrogens with zero attached hydrogens (tertiary/aromatic N) is 4. The molecule has 140 valence electrons. The van der Waals surface area contributed by atoms with Crippen molar-refractivity contribution in [3.8, 4) is 22.9 Å². The van der Waals surface area contributed by atoms with Crippen LogP contribution in [-0.2, 0) is 4.79 Å². The molecule has 2 heterocycles. The zero-order chi connectivity index (χ0) is 19.4. The number of thioether (sulfide) groups is 1. The highest BCUT2D eigenvalue weighted by Gasteiger charge is 2.18. The van der Waals surface area contributed by atoms with Gasteiger partial charge in [0, 0.05) is 5.56 Å². The molecule has 3 rings (SSSR count). The Morgan fingerprint density at radius 2 is 2.22 bits per heavy atom. The van der Waals surface area contributed by atoms with Crippen molar-refractivity contribution in [2.24, 2.45) is 5.10 Å². The lowest BCUT2D eigenvalue weighted by atomic mass is 10.2. The molecule has 2 aromatic heterocycles. The molecule has 1 aromatic carbocycles. The predicted molar refractivity (Wildman–Crippen MR) is 98.5 cm³/mol. The van der Waals surface area contributed by atoms with Gasteiger partial charge in [-0.2, -0.15) is 9.78 Å². The maximum Gasteiger partial charge on any atom is 0.313 e. The molecule has 9 nitrogen and oxygen atoms in total. The second-order valence-electron chi connectivity index (χ2n) is 5.36. The number of phenolic OH excluding ortho intramolecular Hbond substituents is 1. The van der Waals surface area contributed by atoms with Gasteiger partial charge in [-0.15, -0.1) is 10.2 Å². The quantitative estimate of drug-likeness (QED) is 0.468. The Hall–Kier alpha value is -3.27. The molecule has 0 aliphatic carbocycles. The molecule has 2 N–H and O–H groups in total. The number of aliphatic carboxylic acids is 1. The zero-order valence-electron chi connectivity index (χ0n) is 14.5. The van der Waals surface area contributed by atoms with Crippen molar-refractivity contribution in [2.75, 3.05) is 12.9 Å². The minimum absolute atomic E-state index is 0.0217. The first-order valence-electron chi connectivity index (χ1n) is 7.75. The maximum absolute atomic E-state index is 10.9. The van der Waals surface area contributed by atoms with Crippen LogP contribution in [0.4, 0.5) is 0 Å². The van der Waals surface area contributed by atoms with Gasteiger partial charge in [-0.05, 0) is 31.2 Å². The van der Waals surface area contributed by atoms with Gasteiger partial charge in [-0.25, -0.2) is 0 Å². The van der Waals surface area contributed by atoms with Crippen molar-refractivity contribution < 1.29 is 24.2 Å². The number of carboxylic acids is 1. The number of aromatic hydroxyl groups is 1. The first-order valence-corrected chi connectivity index (χ1v) is 8.74. The number of hydrogen-bond donors (Lipinski definition) is 2. The average Bonchev–Trinajstić information content (AvgIpc) is 3.24. The molecule has 0 unspecified atom stereocenters. The van der Waals surface area contributed by atoms with Crippen LogP contribution in [-0.4, -0.2) is 50.1 Å². The summed E-state index contributed by atoms with van der Waals surface area (Å²) in [7, 11) is 1.52. The Morgan fingerprint density at radius 3 is 2.89 bits per heavy atom. The summed E-state index contributed by atoms with van der Waals surface area (Å²) in [5.74, 6) is 0.427. The van der Waals surface area contributed by atoms with E-state index in [-0.39, 0.29) is 11.5 Å². The van der Waals surface area contributed by atoms with E-state index >= 15 is 0 Å². The number of aryl methyl sites for hydroxylation is 1. The number of carbonyl (C=O) groups is 1. The van der Waals surface area contributed by atoms with Crippen molar-refractivity contribution in [3.05, 3.63) is 41.9 Å². The number of aromatic nitrogens is 3. The molecule has 0 aliphatic rings. The second kappa shape index (κ2) is 7.96. The van der Waals surface area contributed by atoms with Gasteiger partial charge >= 0.3 is 5.97 Å². The highest BCUT2D eigenvalue weighted by Crippen LogP contribution is 2.27. The lowest BCUT2D eigenvalue weighted by Gasteiger charge is -2.05. The zero-order valence-corrected chi connectivity index (χ0v) is 15.3. The molecular weight excluding hydrogens is 372 g/mol. The van der Waals surface area contributed by atoms with Gasteiger partial charge in [0.25, 0.3) is 0 Å². The van der Waals surface area contributed by atoms with Gasteiger partial charge in [0.15, 0.2) is 5.82 Å². The molecule has 0 aliphatic heterocycles. The highest BCUT2D eigenvalue weighted by molar-refractivity contribution is 7.99. The summed E-state index contributed by atoms with van der Waals surface area (Å²) in [6, 6.07) is 6.46. The van der Waals surface area contributed by atoms with E-state index in [1.54, 1.807) is 25.1 Å². The molecule has 10 heteroatoms. The lowest BCUT2D eigenvalue weighted by molar-refractivity contribution is -0.133. The third kappa shape index (κ3) is 4.11. The van der Waals surface area contributed by atoms with E-state index in [4.69, 9.17) is 14.3 Å². The molecular formula is C17H16N4O5S. The fourth-order valence-corrected chi connectivity index (χ4v) is 2.86. The number of hydrogen-bond acceptors (Lipinski definition) is 8. The SMILES string of the molecule is COc1ccc(O)c(/C=N/n2c(SCC(=O)O)nnc2-c2ccoc2C)c1. The Morgan fingerprint density at radius 1 is 1.41 bits per heavy atom. The monoisotopic (exact) mass is 388 g/mol. The summed E-state index contributed by atoms with van der Waals surface area (Å²) in [6.45, 7) is 1.77. The number of methoxy groups -OCH3 is 1. The molecule has 27 heavy (non-hydrogen) atoms. The van der Waals surface area contributed by atoms with Crippen molar-refractivity contribution >= 4 is 23.9 Å². The van der Waals surface area contributed by atoms with Gasteiger partial charge in [0.1, 0.15) is 17.3 Å². The number of carboxylic acid groups (broad SMARTS) is 1. The number of benzene rings is 1. The van der Waals surface area contributed by atoms with Gasteiger partial charge in [-0.3, -0.25) is 4.79 Å². The maximum atomic E-state index is 10.9. The number of rotatable bonds is 7. The summed E-state index contributed by atoms with van der Waals surface area (Å²) in [6.07, 6.45) is 2.94. The predicted octanol–water partition coefficient (Wildman–Crippen LogP) is 2.62. The normalized spacial score (nSPS) is 11.2. The van der Waals surface area contributed by atoms with E-state index in [0.29, 0.717) is 33.6 Å². The summed E-state index contributed by atoms with van der Waals surface area (Å²) >= 11 is 0.984. The van der Waals surface area contributed by atoms with Gasteiger partial charge in [0.05, 0.1) is 30.9 Å². The minimum Gasteiger partial charge on any atom is -0.507 e. The Labute approximate surface area is 158 Å². The summed E-state index contributed by atoms with van der Waals surface area (Å²) in [5.41, 5.74) is 1.10. The smallest absolute Gasteiger partial charge is 0.313 e. The topological polar surface area (TPSA) is 123 Å². The van der Waals surface area contributed by atoms with Gasteiger partial charge < -0.3 is 19.4 Å². The van der Waals surface area contributed by atoms with Crippen LogP contribution in [0, 0.1) is 6.92 Å². The molecule has 0 atom stereocenters. The van der Waals surface area contributed by atoms with Crippen LogP contribution < -0.4 is 4.74 Å². The third-order valence-corrected chi connectivity index (χ3v) is 4.49. The molecule has 0 saturated heterocycles. The molecule has 0 spiro atoms. The molecule has 0 radical (unpaired) electrons. The van der Waals surface area contributed by atoms with Gasteiger partial charge in [0.2, 0.25) is 5.16 Å². The van der Waals surface area contributed by atoms with Crippen LogP contribution >= 0.6 is 11.8 Å². The van der Waals surface area contributed by atoms with Crippen LogP contribution in [0.3, 0.4) is 0 Å². The first-order chi connectivity index (χ1) is 13.0. The molecule has 3 aromatic rings. The Bertz CT molecular complexity index is 995. The standard InChI is InChI=1S/C17H16N4O5S/c1-10-13(5-6-26-10)16-19-20-17(27-9-15(23)24)21(16)18-8-11-7-12(25-2)3-4-14(11)22/h3-8,22H,9H2,1-2H3,(H,23,24)/b18-8+. The van der Waals surface area contributed by atoms with E-state index < -0.39 is 5.97 Å². The number of phenols is 1. The van der Waals surface area contributed by atoms with Crippen LogP contribution in [0.5, 0.6) is 11.5 Å². The van der Waals surface area contributed by atoms with Crippen molar-refractivity contribution in [1.29, 1.82) is 0 Å². The van der Waals surface area contributed by atoms with Gasteiger partial charge in [-0.1, -0.05) is 11.8 Å². The largest absolute Gasteiger partial charge is 0.507 e. The van der Waals surface area contributed by atoms with Crippen LogP contribution in [0.15, 0.2) is 45.2 Å². The molecule has 0 fully saturated rings. The van der Waals surface area contributed by atoms with Crippen LogP contribution in [0.2, 0.25) is 0 Å². The second-order valence-corrected chi connectivity index (χ2v) is 6.30. The van der Waals surface area contributed by atoms with Crippen LogP contribution in [0.25, 0.3) is 11.4 Å². The van der Waals surface area contributed by atoms with E-state index in [0.717, 1.165) is 11.8 Å². The highest BCUT2D eigenvalue weighted by atomic mass is 32.2. The Kier molecular flexibility index (Phi) is 5.46. The van der Waals surface area contributed by atoms with Crippen molar-refractivity contribution in [1.82, 2.24) is 14.9 Å². The summed E-state index contributed by atoms with van der Waals surface area (Å²) < 4.78 is 11.9. The van der Waals surface area contributed by atoms with Crippen molar-refractivity contribution in [2.45, 2.75) is 12.1 Å². The van der Waals surface area contributed by atoms with Crippen molar-refractivity contribution in [3.63, 3.8) is 0 Å². The third-order valence-electron chi connectivity index (χ3n) is 3.58. The van der Waals surface area contributed by atoms with E-state index in [1.807, 2.05) is 0 Å².